The Morgan fingerprint density at radius 1 is 1.43 bits per heavy atom. The predicted octanol–water partition coefficient (Wildman–Crippen LogP) is 1.33. The lowest BCUT2D eigenvalue weighted by Gasteiger charge is -2.21. The molecule has 6 nitrogen and oxygen atoms in total. The second-order valence-electron chi connectivity index (χ2n) is 5.20. The molecule has 116 valence electrons. The van der Waals surface area contributed by atoms with Crippen molar-refractivity contribution in [1.82, 2.24) is 4.90 Å². The van der Waals surface area contributed by atoms with E-state index < -0.39 is 0 Å². The summed E-state index contributed by atoms with van der Waals surface area (Å²) < 4.78 is 10.3. The molecule has 1 fully saturated rings. The molecule has 0 heterocycles. The number of anilines is 2. The number of hydrogen-bond acceptors (Lipinski definition) is 5. The SMILES string of the molecule is COCCN(CC(=O)Nc1cc(N)ccc1OC)C1CC1. The summed E-state index contributed by atoms with van der Waals surface area (Å²) in [7, 11) is 3.24. The molecule has 0 atom stereocenters. The zero-order valence-electron chi connectivity index (χ0n) is 12.6. The molecule has 6 heteroatoms. The van der Waals surface area contributed by atoms with E-state index in [1.165, 1.54) is 0 Å². The van der Waals surface area contributed by atoms with E-state index >= 15 is 0 Å². The van der Waals surface area contributed by atoms with Crippen molar-refractivity contribution in [2.24, 2.45) is 0 Å². The number of nitrogens with two attached hydrogens (primary N) is 1. The minimum absolute atomic E-state index is 0.0677. The van der Waals surface area contributed by atoms with Crippen molar-refractivity contribution in [3.63, 3.8) is 0 Å². The van der Waals surface area contributed by atoms with E-state index in [1.807, 2.05) is 0 Å². The van der Waals surface area contributed by atoms with E-state index in [0.29, 0.717) is 36.3 Å². The van der Waals surface area contributed by atoms with Crippen molar-refractivity contribution in [1.29, 1.82) is 0 Å². The Kier molecular flexibility index (Phi) is 5.41. The minimum atomic E-state index is -0.0677. The molecule has 0 aliphatic heterocycles. The van der Waals surface area contributed by atoms with Crippen LogP contribution in [-0.4, -0.2) is 50.8 Å². The quantitative estimate of drug-likeness (QED) is 0.707. The number of carbonyl (C=O) groups excluding carboxylic acids is 1. The maximum Gasteiger partial charge on any atom is 0.238 e. The summed E-state index contributed by atoms with van der Waals surface area (Å²) in [6.45, 7) is 1.75. The van der Waals surface area contributed by atoms with E-state index in [1.54, 1.807) is 32.4 Å². The van der Waals surface area contributed by atoms with Crippen LogP contribution < -0.4 is 15.8 Å². The predicted molar refractivity (Wildman–Crippen MR) is 82.5 cm³/mol. The second kappa shape index (κ2) is 7.28. The first-order chi connectivity index (χ1) is 10.1. The van der Waals surface area contributed by atoms with Gasteiger partial charge in [-0.15, -0.1) is 0 Å². The highest BCUT2D eigenvalue weighted by molar-refractivity contribution is 5.94. The third kappa shape index (κ3) is 4.61. The molecule has 0 aromatic heterocycles. The molecule has 2 rings (SSSR count). The largest absolute Gasteiger partial charge is 0.495 e. The van der Waals surface area contributed by atoms with Crippen molar-refractivity contribution in [2.45, 2.75) is 18.9 Å². The number of ether oxygens (including phenoxy) is 2. The average molecular weight is 293 g/mol. The molecule has 0 bridgehead atoms. The molecule has 0 unspecified atom stereocenters. The van der Waals surface area contributed by atoms with Crippen molar-refractivity contribution >= 4 is 17.3 Å². The number of rotatable bonds is 8. The first kappa shape index (κ1) is 15.6. The number of hydrogen-bond donors (Lipinski definition) is 2. The molecule has 1 saturated carbocycles. The molecule has 0 radical (unpaired) electrons. The Balaban J connectivity index is 1.95. The Morgan fingerprint density at radius 3 is 2.81 bits per heavy atom. The van der Waals surface area contributed by atoms with Gasteiger partial charge in [-0.3, -0.25) is 9.69 Å². The van der Waals surface area contributed by atoms with Crippen LogP contribution in [0, 0.1) is 0 Å². The third-order valence-electron chi connectivity index (χ3n) is 3.49. The molecule has 3 N–H and O–H groups in total. The highest BCUT2D eigenvalue weighted by Gasteiger charge is 2.30. The van der Waals surface area contributed by atoms with Crippen molar-refractivity contribution in [3.8, 4) is 5.75 Å². The molecule has 0 spiro atoms. The molecule has 0 saturated heterocycles. The molecule has 21 heavy (non-hydrogen) atoms. The Hall–Kier alpha value is -1.79. The zero-order chi connectivity index (χ0) is 15.2. The van der Waals surface area contributed by atoms with Crippen molar-refractivity contribution in [3.05, 3.63) is 18.2 Å². The summed E-state index contributed by atoms with van der Waals surface area (Å²) in [6.07, 6.45) is 2.30. The Morgan fingerprint density at radius 2 is 2.19 bits per heavy atom. The molecule has 1 aromatic carbocycles. The van der Waals surface area contributed by atoms with E-state index in [9.17, 15) is 4.79 Å². The van der Waals surface area contributed by atoms with Crippen LogP contribution in [0.3, 0.4) is 0 Å². The lowest BCUT2D eigenvalue weighted by atomic mass is 10.2. The molecular weight excluding hydrogens is 270 g/mol. The fraction of sp³-hybridized carbons (Fsp3) is 0.533. The lowest BCUT2D eigenvalue weighted by Crippen LogP contribution is -2.37. The maximum absolute atomic E-state index is 12.2. The second-order valence-corrected chi connectivity index (χ2v) is 5.20. The normalized spacial score (nSPS) is 14.2. The number of nitrogen functional groups attached to an aromatic ring is 1. The van der Waals surface area contributed by atoms with Crippen LogP contribution in [0.2, 0.25) is 0 Å². The molecule has 1 aromatic rings. The van der Waals surface area contributed by atoms with Gasteiger partial charge >= 0.3 is 0 Å². The van der Waals surface area contributed by atoms with Crippen LogP contribution in [0.25, 0.3) is 0 Å². The minimum Gasteiger partial charge on any atom is -0.495 e. The summed E-state index contributed by atoms with van der Waals surface area (Å²) in [5, 5.41) is 2.87. The third-order valence-corrected chi connectivity index (χ3v) is 3.49. The first-order valence-corrected chi connectivity index (χ1v) is 7.10. The monoisotopic (exact) mass is 293 g/mol. The molecular formula is C15H23N3O3. The van der Waals surface area contributed by atoms with Crippen molar-refractivity contribution in [2.75, 3.05) is 45.0 Å². The number of amides is 1. The van der Waals surface area contributed by atoms with Gasteiger partial charge in [-0.2, -0.15) is 0 Å². The Labute approximate surface area is 125 Å². The molecule has 1 aliphatic rings. The van der Waals surface area contributed by atoms with Crippen molar-refractivity contribution < 1.29 is 14.3 Å². The topological polar surface area (TPSA) is 76.8 Å². The maximum atomic E-state index is 12.2. The van der Waals surface area contributed by atoms with Gasteiger partial charge in [0, 0.05) is 25.4 Å². The molecule has 1 amide bonds. The van der Waals surface area contributed by atoms with Crippen LogP contribution in [0.1, 0.15) is 12.8 Å². The molecule has 1 aliphatic carbocycles. The van der Waals surface area contributed by atoms with Crippen LogP contribution >= 0.6 is 0 Å². The number of nitrogens with one attached hydrogen (secondary N) is 1. The van der Waals surface area contributed by atoms with E-state index in [0.717, 1.165) is 19.4 Å². The van der Waals surface area contributed by atoms with Gasteiger partial charge in [-0.05, 0) is 31.0 Å². The van der Waals surface area contributed by atoms with E-state index in [-0.39, 0.29) is 5.91 Å². The number of methoxy groups -OCH3 is 2. The van der Waals surface area contributed by atoms with Gasteiger partial charge in [0.05, 0.1) is 25.9 Å². The summed E-state index contributed by atoms with van der Waals surface area (Å²) in [6, 6.07) is 5.69. The fourth-order valence-electron chi connectivity index (χ4n) is 2.24. The number of benzene rings is 1. The van der Waals surface area contributed by atoms with E-state index in [4.69, 9.17) is 15.2 Å². The first-order valence-electron chi connectivity index (χ1n) is 7.10. The van der Waals surface area contributed by atoms with Gasteiger partial charge < -0.3 is 20.5 Å². The average Bonchev–Trinajstić information content (AvgIpc) is 3.28. The van der Waals surface area contributed by atoms with Crippen LogP contribution in [0.15, 0.2) is 18.2 Å². The lowest BCUT2D eigenvalue weighted by molar-refractivity contribution is -0.117. The highest BCUT2D eigenvalue weighted by Crippen LogP contribution is 2.28. The zero-order valence-corrected chi connectivity index (χ0v) is 12.6. The smallest absolute Gasteiger partial charge is 0.238 e. The van der Waals surface area contributed by atoms with Gasteiger partial charge in [0.15, 0.2) is 0 Å². The highest BCUT2D eigenvalue weighted by atomic mass is 16.5. The van der Waals surface area contributed by atoms with Gasteiger partial charge in [-0.25, -0.2) is 0 Å². The van der Waals surface area contributed by atoms with Gasteiger partial charge in [0.25, 0.3) is 0 Å². The number of carbonyl (C=O) groups is 1. The van der Waals surface area contributed by atoms with Crippen LogP contribution in [0.4, 0.5) is 11.4 Å². The summed E-state index contributed by atoms with van der Waals surface area (Å²) in [5.74, 6) is 0.536. The van der Waals surface area contributed by atoms with Gasteiger partial charge in [-0.1, -0.05) is 0 Å². The Bertz CT molecular complexity index is 489. The fourth-order valence-corrected chi connectivity index (χ4v) is 2.24. The van der Waals surface area contributed by atoms with Crippen LogP contribution in [0.5, 0.6) is 5.75 Å². The van der Waals surface area contributed by atoms with Gasteiger partial charge in [0.1, 0.15) is 5.75 Å². The summed E-state index contributed by atoms with van der Waals surface area (Å²) in [5.41, 5.74) is 6.94. The van der Waals surface area contributed by atoms with Gasteiger partial charge in [0.2, 0.25) is 5.91 Å². The summed E-state index contributed by atoms with van der Waals surface area (Å²) in [4.78, 5) is 14.4. The number of nitrogens with zero attached hydrogens (tertiary/aromatic N) is 1. The summed E-state index contributed by atoms with van der Waals surface area (Å²) >= 11 is 0. The van der Waals surface area contributed by atoms with Crippen LogP contribution in [-0.2, 0) is 9.53 Å². The van der Waals surface area contributed by atoms with E-state index in [2.05, 4.69) is 10.2 Å². The standard InChI is InChI=1S/C15H23N3O3/c1-20-8-7-18(12-4-5-12)10-15(19)17-13-9-11(16)3-6-14(13)21-2/h3,6,9,12H,4-5,7-8,10,16H2,1-2H3,(H,17,19).